The van der Waals surface area contributed by atoms with Gasteiger partial charge < -0.3 is 0 Å². The van der Waals surface area contributed by atoms with Crippen LogP contribution in [0.25, 0.3) is 0 Å². The topological polar surface area (TPSA) is 70.0 Å². The summed E-state index contributed by atoms with van der Waals surface area (Å²) in [5.74, 6) is 0. The van der Waals surface area contributed by atoms with Crippen molar-refractivity contribution in [3.63, 3.8) is 0 Å². The molecule has 1 atom stereocenters. The molecule has 0 saturated heterocycles. The van der Waals surface area contributed by atoms with Crippen LogP contribution in [0.3, 0.4) is 0 Å². The summed E-state index contributed by atoms with van der Waals surface area (Å²) < 4.78 is 28.3. The van der Waals surface area contributed by atoms with Gasteiger partial charge in [-0.05, 0) is 35.2 Å². The monoisotopic (exact) mass is 354 g/mol. The highest BCUT2D eigenvalue weighted by Crippen LogP contribution is 2.28. The first-order chi connectivity index (χ1) is 11.6. The molecule has 120 valence electrons. The number of thiophene rings is 1. The molecule has 0 aliphatic rings. The molecule has 0 fully saturated rings. The summed E-state index contributed by atoms with van der Waals surface area (Å²) in [7, 11) is -3.76. The van der Waals surface area contributed by atoms with E-state index >= 15 is 0 Å². The molecule has 1 unspecified atom stereocenters. The van der Waals surface area contributed by atoms with Crippen LogP contribution in [-0.2, 0) is 10.0 Å². The zero-order valence-corrected chi connectivity index (χ0v) is 14.2. The van der Waals surface area contributed by atoms with Crippen LogP contribution in [0.5, 0.6) is 0 Å². The fourth-order valence-corrected chi connectivity index (χ4v) is 4.47. The lowest BCUT2D eigenvalue weighted by molar-refractivity contribution is 0.573. The van der Waals surface area contributed by atoms with E-state index in [-0.39, 0.29) is 4.90 Å². The zero-order chi connectivity index (χ0) is 17.0. The molecule has 24 heavy (non-hydrogen) atoms. The quantitative estimate of drug-likeness (QED) is 0.760. The Balaban J connectivity index is 1.99. The maximum atomic E-state index is 12.8. The standard InChI is InChI=1S/C18H14N2O2S2/c19-13-14-6-4-9-16(12-14)24(21,22)20-18(17-10-5-11-23-17)15-7-2-1-3-8-15/h1-12,18,20H. The van der Waals surface area contributed by atoms with E-state index in [0.717, 1.165) is 10.4 Å². The van der Waals surface area contributed by atoms with Crippen molar-refractivity contribution in [3.8, 4) is 6.07 Å². The third-order valence-electron chi connectivity index (χ3n) is 3.51. The summed E-state index contributed by atoms with van der Waals surface area (Å²) >= 11 is 1.49. The van der Waals surface area contributed by atoms with Crippen LogP contribution in [0.15, 0.2) is 77.0 Å². The first kappa shape index (κ1) is 16.4. The largest absolute Gasteiger partial charge is 0.241 e. The highest BCUT2D eigenvalue weighted by Gasteiger charge is 2.23. The molecule has 0 aliphatic heterocycles. The summed E-state index contributed by atoms with van der Waals surface area (Å²) in [5, 5.41) is 10.9. The molecule has 2 aromatic carbocycles. The van der Waals surface area contributed by atoms with Crippen molar-refractivity contribution < 1.29 is 8.42 Å². The lowest BCUT2D eigenvalue weighted by Gasteiger charge is -2.18. The second kappa shape index (κ2) is 6.97. The van der Waals surface area contributed by atoms with E-state index in [1.807, 2.05) is 53.9 Å². The van der Waals surface area contributed by atoms with Crippen molar-refractivity contribution in [1.29, 1.82) is 5.26 Å². The minimum absolute atomic E-state index is 0.0824. The fourth-order valence-electron chi connectivity index (χ4n) is 2.35. The second-order valence-corrected chi connectivity index (χ2v) is 7.81. The van der Waals surface area contributed by atoms with Gasteiger partial charge in [-0.2, -0.15) is 9.98 Å². The summed E-state index contributed by atoms with van der Waals surface area (Å²) in [4.78, 5) is 0.986. The van der Waals surface area contributed by atoms with Crippen molar-refractivity contribution >= 4 is 21.4 Å². The second-order valence-electron chi connectivity index (χ2n) is 5.12. The number of sulfonamides is 1. The average Bonchev–Trinajstić information content (AvgIpc) is 3.15. The van der Waals surface area contributed by atoms with Gasteiger partial charge >= 0.3 is 0 Å². The molecular formula is C18H14N2O2S2. The van der Waals surface area contributed by atoms with Crippen LogP contribution in [0.1, 0.15) is 22.0 Å². The van der Waals surface area contributed by atoms with Gasteiger partial charge in [-0.3, -0.25) is 0 Å². The van der Waals surface area contributed by atoms with E-state index in [0.29, 0.717) is 5.56 Å². The SMILES string of the molecule is N#Cc1cccc(S(=O)(=O)NC(c2ccccc2)c2cccs2)c1. The van der Waals surface area contributed by atoms with Crippen LogP contribution in [0.2, 0.25) is 0 Å². The normalized spacial score (nSPS) is 12.5. The van der Waals surface area contributed by atoms with E-state index in [9.17, 15) is 8.42 Å². The van der Waals surface area contributed by atoms with Gasteiger partial charge in [-0.25, -0.2) is 8.42 Å². The molecule has 4 nitrogen and oxygen atoms in total. The fraction of sp³-hybridized carbons (Fsp3) is 0.0556. The van der Waals surface area contributed by atoms with Gasteiger partial charge in [-0.15, -0.1) is 11.3 Å². The van der Waals surface area contributed by atoms with Crippen LogP contribution in [0.4, 0.5) is 0 Å². The molecule has 0 bridgehead atoms. The van der Waals surface area contributed by atoms with Gasteiger partial charge in [0.15, 0.2) is 0 Å². The van der Waals surface area contributed by atoms with E-state index in [1.165, 1.54) is 23.5 Å². The van der Waals surface area contributed by atoms with Gasteiger partial charge in [0, 0.05) is 4.88 Å². The van der Waals surface area contributed by atoms with Gasteiger partial charge in [-0.1, -0.05) is 42.5 Å². The third kappa shape index (κ3) is 3.54. The maximum Gasteiger partial charge on any atom is 0.241 e. The van der Waals surface area contributed by atoms with Gasteiger partial charge in [0.05, 0.1) is 22.6 Å². The van der Waals surface area contributed by atoms with Crippen LogP contribution < -0.4 is 4.72 Å². The minimum Gasteiger partial charge on any atom is -0.207 e. The molecular weight excluding hydrogens is 340 g/mol. The first-order valence-corrected chi connectivity index (χ1v) is 9.57. The Bertz CT molecular complexity index is 960. The Morgan fingerprint density at radius 3 is 2.46 bits per heavy atom. The molecule has 1 N–H and O–H groups in total. The molecule has 1 heterocycles. The number of rotatable bonds is 5. The number of benzene rings is 2. The lowest BCUT2D eigenvalue weighted by atomic mass is 10.1. The highest BCUT2D eigenvalue weighted by molar-refractivity contribution is 7.89. The summed E-state index contributed by atoms with van der Waals surface area (Å²) in [6, 6.07) is 20.7. The zero-order valence-electron chi connectivity index (χ0n) is 12.6. The number of nitriles is 1. The van der Waals surface area contributed by atoms with Crippen molar-refractivity contribution in [3.05, 3.63) is 88.1 Å². The molecule has 1 aromatic heterocycles. The maximum absolute atomic E-state index is 12.8. The number of nitrogens with one attached hydrogen (secondary N) is 1. The molecule has 3 aromatic rings. The highest BCUT2D eigenvalue weighted by atomic mass is 32.2. The van der Waals surface area contributed by atoms with Gasteiger partial charge in [0.1, 0.15) is 0 Å². The van der Waals surface area contributed by atoms with Crippen LogP contribution >= 0.6 is 11.3 Å². The Morgan fingerprint density at radius 1 is 1.00 bits per heavy atom. The minimum atomic E-state index is -3.76. The molecule has 6 heteroatoms. The van der Waals surface area contributed by atoms with Crippen molar-refractivity contribution in [2.24, 2.45) is 0 Å². The Kier molecular flexibility index (Phi) is 4.76. The van der Waals surface area contributed by atoms with E-state index < -0.39 is 16.1 Å². The van der Waals surface area contributed by atoms with Crippen LogP contribution in [0, 0.1) is 11.3 Å². The molecule has 3 rings (SSSR count). The van der Waals surface area contributed by atoms with E-state index in [1.54, 1.807) is 12.1 Å². The number of hydrogen-bond acceptors (Lipinski definition) is 4. The molecule has 0 spiro atoms. The molecule has 0 amide bonds. The number of hydrogen-bond donors (Lipinski definition) is 1. The predicted octanol–water partition coefficient (Wildman–Crippen LogP) is 3.69. The molecule has 0 saturated carbocycles. The van der Waals surface area contributed by atoms with Gasteiger partial charge in [0.25, 0.3) is 0 Å². The van der Waals surface area contributed by atoms with E-state index in [4.69, 9.17) is 5.26 Å². The van der Waals surface area contributed by atoms with Crippen molar-refractivity contribution in [2.75, 3.05) is 0 Å². The Labute approximate surface area is 145 Å². The molecule has 0 aliphatic carbocycles. The third-order valence-corrected chi connectivity index (χ3v) is 5.86. The summed E-state index contributed by atoms with van der Waals surface area (Å²) in [5.41, 5.74) is 1.17. The van der Waals surface area contributed by atoms with Crippen LogP contribution in [-0.4, -0.2) is 8.42 Å². The summed E-state index contributed by atoms with van der Waals surface area (Å²) in [6.45, 7) is 0. The Hall–Kier alpha value is -2.46. The van der Waals surface area contributed by atoms with E-state index in [2.05, 4.69) is 4.72 Å². The van der Waals surface area contributed by atoms with Crippen molar-refractivity contribution in [2.45, 2.75) is 10.9 Å². The number of nitrogens with zero attached hydrogens (tertiary/aromatic N) is 1. The predicted molar refractivity (Wildman–Crippen MR) is 94.1 cm³/mol. The average molecular weight is 354 g/mol. The van der Waals surface area contributed by atoms with Crippen molar-refractivity contribution in [1.82, 2.24) is 4.72 Å². The molecule has 0 radical (unpaired) electrons. The summed E-state index contributed by atoms with van der Waals surface area (Å²) in [6.07, 6.45) is 0. The Morgan fingerprint density at radius 2 is 1.79 bits per heavy atom. The smallest absolute Gasteiger partial charge is 0.207 e. The first-order valence-electron chi connectivity index (χ1n) is 7.21. The van der Waals surface area contributed by atoms with Gasteiger partial charge in [0.2, 0.25) is 10.0 Å². The lowest BCUT2D eigenvalue weighted by Crippen LogP contribution is -2.29.